The number of esters is 1. The first kappa shape index (κ1) is 12.2. The molecular formula is C10H14O4S. The van der Waals surface area contributed by atoms with Crippen molar-refractivity contribution in [3.8, 4) is 0 Å². The molecule has 0 saturated carbocycles. The molecule has 0 aromatic carbocycles. The SMILES string of the molecule is CCOC(=O)C(C(C)=O)C1CSC(=O)C1. The van der Waals surface area contributed by atoms with Crippen LogP contribution in [0.5, 0.6) is 0 Å². The molecule has 2 atom stereocenters. The van der Waals surface area contributed by atoms with Crippen LogP contribution in [0.2, 0.25) is 0 Å². The number of hydrogen-bond donors (Lipinski definition) is 0. The summed E-state index contributed by atoms with van der Waals surface area (Å²) < 4.78 is 4.83. The van der Waals surface area contributed by atoms with E-state index >= 15 is 0 Å². The fourth-order valence-corrected chi connectivity index (χ4v) is 2.71. The Morgan fingerprint density at radius 1 is 1.60 bits per heavy atom. The normalized spacial score (nSPS) is 22.5. The van der Waals surface area contributed by atoms with Crippen molar-refractivity contribution in [1.29, 1.82) is 0 Å². The summed E-state index contributed by atoms with van der Waals surface area (Å²) in [6.45, 7) is 3.33. The maximum Gasteiger partial charge on any atom is 0.316 e. The minimum atomic E-state index is -0.760. The molecule has 4 nitrogen and oxygen atoms in total. The van der Waals surface area contributed by atoms with E-state index in [1.807, 2.05) is 0 Å². The largest absolute Gasteiger partial charge is 0.465 e. The molecule has 0 N–H and O–H groups in total. The topological polar surface area (TPSA) is 60.4 Å². The van der Waals surface area contributed by atoms with Gasteiger partial charge in [-0.25, -0.2) is 0 Å². The molecule has 84 valence electrons. The Balaban J connectivity index is 2.69. The third-order valence-corrected chi connectivity index (χ3v) is 3.42. The highest BCUT2D eigenvalue weighted by molar-refractivity contribution is 8.14. The molecule has 1 aliphatic heterocycles. The predicted octanol–water partition coefficient (Wildman–Crippen LogP) is 1.03. The van der Waals surface area contributed by atoms with E-state index in [1.165, 1.54) is 18.7 Å². The smallest absolute Gasteiger partial charge is 0.316 e. The van der Waals surface area contributed by atoms with Crippen molar-refractivity contribution in [3.05, 3.63) is 0 Å². The third-order valence-electron chi connectivity index (χ3n) is 2.34. The fraction of sp³-hybridized carbons (Fsp3) is 0.700. The predicted molar refractivity (Wildman–Crippen MR) is 56.4 cm³/mol. The van der Waals surface area contributed by atoms with E-state index < -0.39 is 11.9 Å². The van der Waals surface area contributed by atoms with Crippen molar-refractivity contribution in [3.63, 3.8) is 0 Å². The van der Waals surface area contributed by atoms with E-state index in [9.17, 15) is 14.4 Å². The molecule has 0 amide bonds. The molecule has 0 bridgehead atoms. The Morgan fingerprint density at radius 3 is 2.67 bits per heavy atom. The molecule has 5 heteroatoms. The minimum absolute atomic E-state index is 0.0514. The first-order valence-corrected chi connectivity index (χ1v) is 5.87. The molecule has 1 saturated heterocycles. The van der Waals surface area contributed by atoms with Gasteiger partial charge in [-0.15, -0.1) is 0 Å². The summed E-state index contributed by atoms with van der Waals surface area (Å²) >= 11 is 1.19. The van der Waals surface area contributed by atoms with Gasteiger partial charge in [-0.3, -0.25) is 14.4 Å². The first-order valence-electron chi connectivity index (χ1n) is 4.89. The number of thioether (sulfide) groups is 1. The third kappa shape index (κ3) is 3.06. The van der Waals surface area contributed by atoms with Gasteiger partial charge in [0, 0.05) is 12.2 Å². The van der Waals surface area contributed by atoms with E-state index in [0.29, 0.717) is 12.2 Å². The van der Waals surface area contributed by atoms with E-state index in [4.69, 9.17) is 4.74 Å². The van der Waals surface area contributed by atoms with Crippen LogP contribution < -0.4 is 0 Å². The fourth-order valence-electron chi connectivity index (χ4n) is 1.67. The Hall–Kier alpha value is -0.840. The lowest BCUT2D eigenvalue weighted by Gasteiger charge is -2.17. The highest BCUT2D eigenvalue weighted by Crippen LogP contribution is 2.32. The quantitative estimate of drug-likeness (QED) is 0.533. The molecule has 0 aromatic heterocycles. The highest BCUT2D eigenvalue weighted by atomic mass is 32.2. The van der Waals surface area contributed by atoms with Crippen LogP contribution in [0, 0.1) is 11.8 Å². The van der Waals surface area contributed by atoms with E-state index in [0.717, 1.165) is 0 Å². The van der Waals surface area contributed by atoms with Gasteiger partial charge in [-0.2, -0.15) is 0 Å². The summed E-state index contributed by atoms with van der Waals surface area (Å²) in [5.41, 5.74) is 0. The number of rotatable bonds is 4. The van der Waals surface area contributed by atoms with Crippen molar-refractivity contribution in [2.24, 2.45) is 11.8 Å². The molecule has 0 radical (unpaired) electrons. The lowest BCUT2D eigenvalue weighted by molar-refractivity contribution is -0.153. The first-order chi connectivity index (χ1) is 7.06. The molecule has 0 spiro atoms. The number of carbonyl (C=O) groups excluding carboxylic acids is 3. The number of ether oxygens (including phenoxy) is 1. The van der Waals surface area contributed by atoms with Crippen LogP contribution in [0.3, 0.4) is 0 Å². The van der Waals surface area contributed by atoms with Crippen LogP contribution in [0.4, 0.5) is 0 Å². The average Bonchev–Trinajstić information content (AvgIpc) is 2.51. The molecular weight excluding hydrogens is 216 g/mol. The molecule has 1 aliphatic rings. The Morgan fingerprint density at radius 2 is 2.27 bits per heavy atom. The molecule has 2 unspecified atom stereocenters. The second-order valence-electron chi connectivity index (χ2n) is 3.49. The van der Waals surface area contributed by atoms with Crippen molar-refractivity contribution in [2.45, 2.75) is 20.3 Å². The van der Waals surface area contributed by atoms with Gasteiger partial charge in [0.25, 0.3) is 0 Å². The summed E-state index contributed by atoms with van der Waals surface area (Å²) in [5, 5.41) is 0.0514. The number of hydrogen-bond acceptors (Lipinski definition) is 5. The summed E-state index contributed by atoms with van der Waals surface area (Å²) in [6.07, 6.45) is 0.299. The molecule has 15 heavy (non-hydrogen) atoms. The van der Waals surface area contributed by atoms with Gasteiger partial charge in [-0.1, -0.05) is 11.8 Å². The van der Waals surface area contributed by atoms with Crippen LogP contribution in [-0.4, -0.2) is 29.2 Å². The van der Waals surface area contributed by atoms with Gasteiger partial charge < -0.3 is 4.74 Å². The van der Waals surface area contributed by atoms with Gasteiger partial charge in [0.15, 0.2) is 5.12 Å². The summed E-state index contributed by atoms with van der Waals surface area (Å²) in [6, 6.07) is 0. The van der Waals surface area contributed by atoms with Crippen LogP contribution >= 0.6 is 11.8 Å². The highest BCUT2D eigenvalue weighted by Gasteiger charge is 2.38. The van der Waals surface area contributed by atoms with Gasteiger partial charge in [0.2, 0.25) is 0 Å². The Kier molecular flexibility index (Phi) is 4.32. The maximum atomic E-state index is 11.5. The van der Waals surface area contributed by atoms with E-state index in [2.05, 4.69) is 0 Å². The second-order valence-corrected chi connectivity index (χ2v) is 4.56. The lowest BCUT2D eigenvalue weighted by Crippen LogP contribution is -2.31. The molecule has 0 aliphatic carbocycles. The summed E-state index contributed by atoms with van der Waals surface area (Å²) in [4.78, 5) is 33.9. The van der Waals surface area contributed by atoms with Crippen LogP contribution in [0.25, 0.3) is 0 Å². The monoisotopic (exact) mass is 230 g/mol. The standard InChI is InChI=1S/C10H14O4S/c1-3-14-10(13)9(6(2)11)7-4-8(12)15-5-7/h7,9H,3-5H2,1-2H3. The number of ketones is 1. The zero-order valence-corrected chi connectivity index (χ0v) is 9.63. The number of carbonyl (C=O) groups is 3. The molecule has 1 heterocycles. The Bertz CT molecular complexity index is 287. The van der Waals surface area contributed by atoms with Crippen molar-refractivity contribution in [2.75, 3.05) is 12.4 Å². The molecule has 1 rings (SSSR count). The second kappa shape index (κ2) is 5.30. The summed E-state index contributed by atoms with van der Waals surface area (Å²) in [7, 11) is 0. The Labute approximate surface area is 92.7 Å². The number of Topliss-reactive ketones (excluding diaryl/α,β-unsaturated/α-hetero) is 1. The zero-order valence-electron chi connectivity index (χ0n) is 8.82. The molecule has 1 fully saturated rings. The zero-order chi connectivity index (χ0) is 11.4. The van der Waals surface area contributed by atoms with Crippen molar-refractivity contribution < 1.29 is 19.1 Å². The maximum absolute atomic E-state index is 11.5. The van der Waals surface area contributed by atoms with Gasteiger partial charge >= 0.3 is 5.97 Å². The van der Waals surface area contributed by atoms with Gasteiger partial charge in [-0.05, 0) is 19.8 Å². The lowest BCUT2D eigenvalue weighted by atomic mass is 9.88. The van der Waals surface area contributed by atoms with Crippen LogP contribution in [-0.2, 0) is 19.1 Å². The van der Waals surface area contributed by atoms with Crippen LogP contribution in [0.15, 0.2) is 0 Å². The van der Waals surface area contributed by atoms with E-state index in [-0.39, 0.29) is 23.4 Å². The summed E-state index contributed by atoms with van der Waals surface area (Å²) in [5.74, 6) is -1.11. The van der Waals surface area contributed by atoms with Crippen molar-refractivity contribution >= 4 is 28.6 Å². The van der Waals surface area contributed by atoms with E-state index in [1.54, 1.807) is 6.92 Å². The van der Waals surface area contributed by atoms with Crippen LogP contribution in [0.1, 0.15) is 20.3 Å². The van der Waals surface area contributed by atoms with Gasteiger partial charge in [0.05, 0.1) is 6.61 Å². The van der Waals surface area contributed by atoms with Crippen molar-refractivity contribution in [1.82, 2.24) is 0 Å². The molecule has 0 aromatic rings. The minimum Gasteiger partial charge on any atom is -0.465 e. The van der Waals surface area contributed by atoms with Gasteiger partial charge in [0.1, 0.15) is 11.7 Å². The average molecular weight is 230 g/mol.